The molecule has 2 heteroatoms. The first-order chi connectivity index (χ1) is 6.54. The van der Waals surface area contributed by atoms with Crippen LogP contribution in [0.5, 0.6) is 0 Å². The van der Waals surface area contributed by atoms with Crippen molar-refractivity contribution in [1.29, 1.82) is 0 Å². The third-order valence-electron chi connectivity index (χ3n) is 2.60. The number of terminal acetylenes is 1. The van der Waals surface area contributed by atoms with Crippen LogP contribution in [-0.4, -0.2) is 25.3 Å². The summed E-state index contributed by atoms with van der Waals surface area (Å²) in [5.41, 5.74) is 0.117. The summed E-state index contributed by atoms with van der Waals surface area (Å²) in [6.45, 7) is 8.18. The fourth-order valence-electron chi connectivity index (χ4n) is 1.66. The van der Waals surface area contributed by atoms with Gasteiger partial charge in [-0.15, -0.1) is 6.42 Å². The molecule has 0 bridgehead atoms. The van der Waals surface area contributed by atoms with Crippen LogP contribution in [0.4, 0.5) is 0 Å². The Kier molecular flexibility index (Phi) is 3.97. The van der Waals surface area contributed by atoms with E-state index < -0.39 is 0 Å². The SMILES string of the molecule is C#CC(NC1CCCOC1)C(C)(C)C. The van der Waals surface area contributed by atoms with Crippen molar-refractivity contribution < 1.29 is 4.74 Å². The lowest BCUT2D eigenvalue weighted by molar-refractivity contribution is 0.0635. The molecule has 1 N–H and O–H groups in total. The van der Waals surface area contributed by atoms with E-state index in [-0.39, 0.29) is 11.5 Å². The van der Waals surface area contributed by atoms with Crippen LogP contribution in [-0.2, 0) is 4.74 Å². The number of hydrogen-bond donors (Lipinski definition) is 1. The lowest BCUT2D eigenvalue weighted by Crippen LogP contribution is -2.48. The summed E-state index contributed by atoms with van der Waals surface area (Å²) >= 11 is 0. The van der Waals surface area contributed by atoms with Gasteiger partial charge in [-0.05, 0) is 18.3 Å². The van der Waals surface area contributed by atoms with Gasteiger partial charge >= 0.3 is 0 Å². The molecule has 80 valence electrons. The molecule has 0 amide bonds. The van der Waals surface area contributed by atoms with Crippen LogP contribution in [0.2, 0.25) is 0 Å². The summed E-state index contributed by atoms with van der Waals surface area (Å²) in [6.07, 6.45) is 7.84. The molecular weight excluding hydrogens is 174 g/mol. The Labute approximate surface area is 87.4 Å². The molecule has 1 rings (SSSR count). The van der Waals surface area contributed by atoms with E-state index in [0.717, 1.165) is 19.6 Å². The monoisotopic (exact) mass is 195 g/mol. The van der Waals surface area contributed by atoms with Crippen molar-refractivity contribution in [2.45, 2.75) is 45.7 Å². The van der Waals surface area contributed by atoms with Crippen molar-refractivity contribution in [1.82, 2.24) is 5.32 Å². The third-order valence-corrected chi connectivity index (χ3v) is 2.60. The normalized spacial score (nSPS) is 25.4. The van der Waals surface area contributed by atoms with Crippen molar-refractivity contribution in [3.8, 4) is 12.3 Å². The molecule has 0 aromatic rings. The number of ether oxygens (including phenoxy) is 1. The molecule has 2 unspecified atom stereocenters. The highest BCUT2D eigenvalue weighted by Gasteiger charge is 2.25. The zero-order valence-electron chi connectivity index (χ0n) is 9.47. The number of nitrogens with one attached hydrogen (secondary N) is 1. The van der Waals surface area contributed by atoms with E-state index in [4.69, 9.17) is 11.2 Å². The fraction of sp³-hybridized carbons (Fsp3) is 0.833. The summed E-state index contributed by atoms with van der Waals surface area (Å²) in [4.78, 5) is 0. The molecule has 14 heavy (non-hydrogen) atoms. The zero-order valence-corrected chi connectivity index (χ0v) is 9.47. The first-order valence-electron chi connectivity index (χ1n) is 5.34. The molecular formula is C12H21NO. The molecule has 0 aliphatic carbocycles. The minimum Gasteiger partial charge on any atom is -0.380 e. The Bertz CT molecular complexity index is 205. The number of rotatable bonds is 2. The van der Waals surface area contributed by atoms with Crippen molar-refractivity contribution in [3.63, 3.8) is 0 Å². The van der Waals surface area contributed by atoms with Gasteiger partial charge in [-0.25, -0.2) is 0 Å². The van der Waals surface area contributed by atoms with Crippen LogP contribution in [0.15, 0.2) is 0 Å². The van der Waals surface area contributed by atoms with Crippen LogP contribution in [0.1, 0.15) is 33.6 Å². The van der Waals surface area contributed by atoms with E-state index in [1.54, 1.807) is 0 Å². The van der Waals surface area contributed by atoms with Crippen LogP contribution in [0.25, 0.3) is 0 Å². The molecule has 0 radical (unpaired) electrons. The van der Waals surface area contributed by atoms with E-state index in [9.17, 15) is 0 Å². The number of hydrogen-bond acceptors (Lipinski definition) is 2. The minimum absolute atomic E-state index is 0.117. The summed E-state index contributed by atoms with van der Waals surface area (Å²) in [5.74, 6) is 2.82. The predicted molar refractivity (Wildman–Crippen MR) is 59.1 cm³/mol. The molecule has 1 aliphatic rings. The predicted octanol–water partition coefficient (Wildman–Crippen LogP) is 1.80. The fourth-order valence-corrected chi connectivity index (χ4v) is 1.66. The molecule has 1 fully saturated rings. The first kappa shape index (κ1) is 11.6. The average molecular weight is 195 g/mol. The molecule has 2 atom stereocenters. The van der Waals surface area contributed by atoms with Gasteiger partial charge in [-0.1, -0.05) is 26.7 Å². The lowest BCUT2D eigenvalue weighted by atomic mass is 9.86. The van der Waals surface area contributed by atoms with Crippen molar-refractivity contribution in [3.05, 3.63) is 0 Å². The van der Waals surface area contributed by atoms with Crippen molar-refractivity contribution in [2.24, 2.45) is 5.41 Å². The largest absolute Gasteiger partial charge is 0.380 e. The minimum atomic E-state index is 0.117. The second kappa shape index (κ2) is 4.82. The third kappa shape index (κ3) is 3.32. The summed E-state index contributed by atoms with van der Waals surface area (Å²) in [7, 11) is 0. The maximum atomic E-state index is 5.52. The smallest absolute Gasteiger partial charge is 0.0738 e. The molecule has 0 aromatic carbocycles. The van der Waals surface area contributed by atoms with E-state index in [0.29, 0.717) is 6.04 Å². The quantitative estimate of drug-likeness (QED) is 0.678. The van der Waals surface area contributed by atoms with Crippen LogP contribution < -0.4 is 5.32 Å². The lowest BCUT2D eigenvalue weighted by Gasteiger charge is -2.33. The highest BCUT2D eigenvalue weighted by atomic mass is 16.5. The Morgan fingerprint density at radius 2 is 2.21 bits per heavy atom. The topological polar surface area (TPSA) is 21.3 Å². The Hall–Kier alpha value is -0.520. The molecule has 1 aliphatic heterocycles. The van der Waals surface area contributed by atoms with E-state index in [2.05, 4.69) is 32.0 Å². The second-order valence-corrected chi connectivity index (χ2v) is 5.05. The van der Waals surface area contributed by atoms with Gasteiger partial charge < -0.3 is 4.74 Å². The molecule has 0 spiro atoms. The van der Waals surface area contributed by atoms with Gasteiger partial charge in [0.2, 0.25) is 0 Å². The van der Waals surface area contributed by atoms with Gasteiger partial charge in [0.15, 0.2) is 0 Å². The maximum absolute atomic E-state index is 5.52. The summed E-state index contributed by atoms with van der Waals surface area (Å²) < 4.78 is 5.41. The Balaban J connectivity index is 2.44. The first-order valence-corrected chi connectivity index (χ1v) is 5.34. The van der Waals surface area contributed by atoms with Crippen LogP contribution in [0.3, 0.4) is 0 Å². The maximum Gasteiger partial charge on any atom is 0.0738 e. The molecule has 2 nitrogen and oxygen atoms in total. The van der Waals surface area contributed by atoms with Gasteiger partial charge in [0.25, 0.3) is 0 Å². The van der Waals surface area contributed by atoms with Gasteiger partial charge in [0, 0.05) is 12.6 Å². The zero-order chi connectivity index (χ0) is 10.6. The van der Waals surface area contributed by atoms with Crippen LogP contribution >= 0.6 is 0 Å². The average Bonchev–Trinajstić information content (AvgIpc) is 2.14. The van der Waals surface area contributed by atoms with Crippen molar-refractivity contribution in [2.75, 3.05) is 13.2 Å². The molecule has 0 aromatic heterocycles. The summed E-state index contributed by atoms with van der Waals surface area (Å²) in [5, 5.41) is 3.48. The van der Waals surface area contributed by atoms with Crippen molar-refractivity contribution >= 4 is 0 Å². The molecule has 1 saturated heterocycles. The molecule has 0 saturated carbocycles. The second-order valence-electron chi connectivity index (χ2n) is 5.05. The highest BCUT2D eigenvalue weighted by molar-refractivity contribution is 5.05. The summed E-state index contributed by atoms with van der Waals surface area (Å²) in [6, 6.07) is 0.568. The molecule has 1 heterocycles. The Morgan fingerprint density at radius 1 is 1.50 bits per heavy atom. The Morgan fingerprint density at radius 3 is 2.64 bits per heavy atom. The van der Waals surface area contributed by atoms with Crippen LogP contribution in [0, 0.1) is 17.8 Å². The van der Waals surface area contributed by atoms with Gasteiger partial charge in [0.1, 0.15) is 0 Å². The van der Waals surface area contributed by atoms with Gasteiger partial charge in [0.05, 0.1) is 12.6 Å². The van der Waals surface area contributed by atoms with Gasteiger partial charge in [-0.3, -0.25) is 5.32 Å². The van der Waals surface area contributed by atoms with E-state index >= 15 is 0 Å². The van der Waals surface area contributed by atoms with E-state index in [1.807, 2.05) is 0 Å². The highest BCUT2D eigenvalue weighted by Crippen LogP contribution is 2.20. The standard InChI is InChI=1S/C12H21NO/c1-5-11(12(2,3)4)13-10-7-6-8-14-9-10/h1,10-11,13H,6-9H2,2-4H3. The van der Waals surface area contributed by atoms with Gasteiger partial charge in [-0.2, -0.15) is 0 Å². The van der Waals surface area contributed by atoms with E-state index in [1.165, 1.54) is 6.42 Å².